The third-order valence-corrected chi connectivity index (χ3v) is 2.49. The van der Waals surface area contributed by atoms with Gasteiger partial charge in [-0.05, 0) is 29.7 Å². The van der Waals surface area contributed by atoms with Gasteiger partial charge in [0.2, 0.25) is 0 Å². The van der Waals surface area contributed by atoms with Crippen LogP contribution in [-0.4, -0.2) is 17.7 Å². The molecule has 0 aliphatic heterocycles. The Labute approximate surface area is 94.1 Å². The van der Waals surface area contributed by atoms with Gasteiger partial charge in [0, 0.05) is 19.3 Å². The highest BCUT2D eigenvalue weighted by molar-refractivity contribution is 5.80. The van der Waals surface area contributed by atoms with Crippen LogP contribution in [0.25, 0.3) is 10.9 Å². The van der Waals surface area contributed by atoms with E-state index in [1.807, 2.05) is 16.8 Å². The molecule has 0 radical (unpaired) electrons. The SMILES string of the molecule is C#CCNCCn1ccc2ccc(F)cc21. The van der Waals surface area contributed by atoms with Crippen molar-refractivity contribution in [2.24, 2.45) is 0 Å². The van der Waals surface area contributed by atoms with Gasteiger partial charge in [-0.1, -0.05) is 5.92 Å². The molecular formula is C13H13FN2. The molecule has 0 amide bonds. The second-order valence-corrected chi connectivity index (χ2v) is 3.59. The number of halogens is 1. The molecule has 1 heterocycles. The molecule has 1 N–H and O–H groups in total. The van der Waals surface area contributed by atoms with Gasteiger partial charge in [0.1, 0.15) is 5.82 Å². The van der Waals surface area contributed by atoms with Gasteiger partial charge in [-0.25, -0.2) is 4.39 Å². The molecule has 0 saturated heterocycles. The van der Waals surface area contributed by atoms with E-state index in [0.717, 1.165) is 24.0 Å². The Bertz CT molecular complexity index is 522. The van der Waals surface area contributed by atoms with Crippen molar-refractivity contribution in [2.75, 3.05) is 13.1 Å². The highest BCUT2D eigenvalue weighted by Gasteiger charge is 2.01. The number of rotatable bonds is 4. The molecule has 82 valence electrons. The number of aromatic nitrogens is 1. The van der Waals surface area contributed by atoms with E-state index in [9.17, 15) is 4.39 Å². The van der Waals surface area contributed by atoms with Crippen molar-refractivity contribution in [3.05, 3.63) is 36.3 Å². The second kappa shape index (κ2) is 4.82. The van der Waals surface area contributed by atoms with Crippen LogP contribution >= 0.6 is 0 Å². The smallest absolute Gasteiger partial charge is 0.125 e. The zero-order chi connectivity index (χ0) is 11.4. The van der Waals surface area contributed by atoms with Gasteiger partial charge in [-0.3, -0.25) is 0 Å². The maximum atomic E-state index is 13.1. The topological polar surface area (TPSA) is 17.0 Å². The summed E-state index contributed by atoms with van der Waals surface area (Å²) in [5, 5.41) is 4.16. The average Bonchev–Trinajstić information content (AvgIpc) is 2.67. The molecule has 0 saturated carbocycles. The summed E-state index contributed by atoms with van der Waals surface area (Å²) in [5.41, 5.74) is 0.919. The molecule has 1 aromatic heterocycles. The van der Waals surface area contributed by atoms with Crippen LogP contribution in [-0.2, 0) is 6.54 Å². The van der Waals surface area contributed by atoms with Gasteiger partial charge in [-0.2, -0.15) is 0 Å². The zero-order valence-corrected chi connectivity index (χ0v) is 8.91. The normalized spacial score (nSPS) is 10.5. The second-order valence-electron chi connectivity index (χ2n) is 3.59. The summed E-state index contributed by atoms with van der Waals surface area (Å²) in [5.74, 6) is 2.31. The van der Waals surface area contributed by atoms with Crippen LogP contribution in [0.4, 0.5) is 4.39 Å². The van der Waals surface area contributed by atoms with E-state index in [-0.39, 0.29) is 5.82 Å². The van der Waals surface area contributed by atoms with Gasteiger partial charge < -0.3 is 9.88 Å². The molecule has 0 fully saturated rings. The first-order valence-corrected chi connectivity index (χ1v) is 5.20. The van der Waals surface area contributed by atoms with Gasteiger partial charge in [0.15, 0.2) is 0 Å². The fraction of sp³-hybridized carbons (Fsp3) is 0.231. The van der Waals surface area contributed by atoms with E-state index in [4.69, 9.17) is 6.42 Å². The molecule has 0 atom stereocenters. The van der Waals surface area contributed by atoms with Crippen LogP contribution < -0.4 is 5.32 Å². The van der Waals surface area contributed by atoms with E-state index in [1.54, 1.807) is 12.1 Å². The maximum Gasteiger partial charge on any atom is 0.125 e. The number of fused-ring (bicyclic) bond motifs is 1. The predicted molar refractivity (Wildman–Crippen MR) is 63.6 cm³/mol. The minimum atomic E-state index is -0.205. The molecule has 2 aromatic rings. The van der Waals surface area contributed by atoms with Crippen molar-refractivity contribution < 1.29 is 4.39 Å². The Morgan fingerprint density at radius 2 is 2.25 bits per heavy atom. The standard InChI is InChI=1S/C13H13FN2/c1-2-6-15-7-9-16-8-5-11-3-4-12(14)10-13(11)16/h1,3-5,8,10,15H,6-7,9H2. The van der Waals surface area contributed by atoms with Crippen molar-refractivity contribution in [3.8, 4) is 12.3 Å². The summed E-state index contributed by atoms with van der Waals surface area (Å²) in [4.78, 5) is 0. The first-order valence-electron chi connectivity index (χ1n) is 5.20. The first kappa shape index (κ1) is 10.7. The maximum absolute atomic E-state index is 13.1. The van der Waals surface area contributed by atoms with Crippen molar-refractivity contribution in [1.29, 1.82) is 0 Å². The highest BCUT2D eigenvalue weighted by Crippen LogP contribution is 2.16. The Morgan fingerprint density at radius 1 is 1.38 bits per heavy atom. The van der Waals surface area contributed by atoms with Crippen molar-refractivity contribution in [3.63, 3.8) is 0 Å². The molecule has 2 rings (SSSR count). The predicted octanol–water partition coefficient (Wildman–Crippen LogP) is 2.00. The van der Waals surface area contributed by atoms with Crippen molar-refractivity contribution in [2.45, 2.75) is 6.54 Å². The summed E-state index contributed by atoms with van der Waals surface area (Å²) in [6, 6.07) is 6.80. The lowest BCUT2D eigenvalue weighted by molar-refractivity contribution is 0.623. The zero-order valence-electron chi connectivity index (χ0n) is 8.91. The van der Waals surface area contributed by atoms with Gasteiger partial charge in [0.05, 0.1) is 12.1 Å². The van der Waals surface area contributed by atoms with Crippen LogP contribution in [0.2, 0.25) is 0 Å². The number of terminal acetylenes is 1. The summed E-state index contributed by atoms with van der Waals surface area (Å²) < 4.78 is 15.1. The summed E-state index contributed by atoms with van der Waals surface area (Å²) in [7, 11) is 0. The molecule has 16 heavy (non-hydrogen) atoms. The number of nitrogens with zero attached hydrogens (tertiary/aromatic N) is 1. The van der Waals surface area contributed by atoms with Crippen molar-refractivity contribution in [1.82, 2.24) is 9.88 Å². The van der Waals surface area contributed by atoms with E-state index < -0.39 is 0 Å². The molecule has 3 heteroatoms. The monoisotopic (exact) mass is 216 g/mol. The quantitative estimate of drug-likeness (QED) is 0.611. The van der Waals surface area contributed by atoms with Crippen LogP contribution in [0.5, 0.6) is 0 Å². The molecule has 1 aromatic carbocycles. The fourth-order valence-corrected chi connectivity index (χ4v) is 1.71. The Morgan fingerprint density at radius 3 is 3.06 bits per heavy atom. The van der Waals surface area contributed by atoms with E-state index in [0.29, 0.717) is 6.54 Å². The molecule has 0 spiro atoms. The molecule has 2 nitrogen and oxygen atoms in total. The van der Waals surface area contributed by atoms with Gasteiger partial charge in [-0.15, -0.1) is 6.42 Å². The average molecular weight is 216 g/mol. The lowest BCUT2D eigenvalue weighted by Gasteiger charge is -2.05. The Hall–Kier alpha value is -1.79. The van der Waals surface area contributed by atoms with E-state index in [1.165, 1.54) is 6.07 Å². The van der Waals surface area contributed by atoms with E-state index >= 15 is 0 Å². The number of benzene rings is 1. The number of hydrogen-bond acceptors (Lipinski definition) is 1. The Balaban J connectivity index is 2.12. The molecule has 0 aliphatic carbocycles. The van der Waals surface area contributed by atoms with Crippen LogP contribution in [0, 0.1) is 18.2 Å². The third-order valence-electron chi connectivity index (χ3n) is 2.49. The van der Waals surface area contributed by atoms with Crippen LogP contribution in [0.3, 0.4) is 0 Å². The molecule has 0 unspecified atom stereocenters. The summed E-state index contributed by atoms with van der Waals surface area (Å²) in [6.45, 7) is 2.13. The minimum Gasteiger partial charge on any atom is -0.346 e. The first-order chi connectivity index (χ1) is 7.81. The molecular weight excluding hydrogens is 203 g/mol. The van der Waals surface area contributed by atoms with E-state index in [2.05, 4.69) is 11.2 Å². The van der Waals surface area contributed by atoms with Gasteiger partial charge in [0.25, 0.3) is 0 Å². The van der Waals surface area contributed by atoms with Crippen LogP contribution in [0.15, 0.2) is 30.5 Å². The lowest BCUT2D eigenvalue weighted by Crippen LogP contribution is -2.19. The number of nitrogens with one attached hydrogen (secondary N) is 1. The third kappa shape index (κ3) is 2.23. The van der Waals surface area contributed by atoms with Crippen LogP contribution in [0.1, 0.15) is 0 Å². The highest BCUT2D eigenvalue weighted by atomic mass is 19.1. The molecule has 0 bridgehead atoms. The van der Waals surface area contributed by atoms with Crippen molar-refractivity contribution >= 4 is 10.9 Å². The fourth-order valence-electron chi connectivity index (χ4n) is 1.71. The largest absolute Gasteiger partial charge is 0.346 e. The summed E-state index contributed by atoms with van der Waals surface area (Å²) in [6.07, 6.45) is 7.09. The molecule has 0 aliphatic rings. The number of hydrogen-bond donors (Lipinski definition) is 1. The minimum absolute atomic E-state index is 0.205. The lowest BCUT2D eigenvalue weighted by atomic mass is 10.2. The van der Waals surface area contributed by atoms with Gasteiger partial charge >= 0.3 is 0 Å². The summed E-state index contributed by atoms with van der Waals surface area (Å²) >= 11 is 0. The Kier molecular flexibility index (Phi) is 3.23.